The maximum absolute atomic E-state index is 12.7. The third-order valence-corrected chi connectivity index (χ3v) is 5.49. The minimum atomic E-state index is -0.675. The maximum atomic E-state index is 12.7. The van der Waals surface area contributed by atoms with Gasteiger partial charge in [-0.15, -0.1) is 0 Å². The topological polar surface area (TPSA) is 93.3 Å². The number of piperidine rings is 1. The highest BCUT2D eigenvalue weighted by molar-refractivity contribution is 5.82. The first kappa shape index (κ1) is 19.4. The first-order valence-electron chi connectivity index (χ1n) is 9.99. The molecule has 152 valence electrons. The fraction of sp³-hybridized carbons (Fsp3) is 0.364. The molecular formula is C22H26N4O3. The predicted molar refractivity (Wildman–Crippen MR) is 111 cm³/mol. The number of para-hydroxylation sites is 2. The number of rotatable bonds is 6. The Morgan fingerprint density at radius 3 is 2.55 bits per heavy atom. The zero-order valence-electron chi connectivity index (χ0n) is 16.3. The number of nitrogens with one attached hydrogen (secondary N) is 1. The molecule has 3 N–H and O–H groups in total. The molecule has 1 aromatic heterocycles. The Labute approximate surface area is 169 Å². The molecule has 1 saturated heterocycles. The minimum Gasteiger partial charge on any atom is -0.375 e. The summed E-state index contributed by atoms with van der Waals surface area (Å²) in [7, 11) is 0. The van der Waals surface area contributed by atoms with Gasteiger partial charge in [0.2, 0.25) is 5.91 Å². The van der Waals surface area contributed by atoms with E-state index in [1.165, 1.54) is 0 Å². The predicted octanol–water partition coefficient (Wildman–Crippen LogP) is 2.04. The highest BCUT2D eigenvalue weighted by Crippen LogP contribution is 2.25. The van der Waals surface area contributed by atoms with Gasteiger partial charge >= 0.3 is 5.69 Å². The van der Waals surface area contributed by atoms with Crippen LogP contribution in [0.3, 0.4) is 0 Å². The molecule has 1 amide bonds. The van der Waals surface area contributed by atoms with Gasteiger partial charge in [-0.3, -0.25) is 9.36 Å². The number of aromatic amines is 1. The summed E-state index contributed by atoms with van der Waals surface area (Å²) in [6.07, 6.45) is 1.45. The molecule has 3 aromatic rings. The van der Waals surface area contributed by atoms with Gasteiger partial charge < -0.3 is 20.4 Å². The molecule has 0 bridgehead atoms. The first-order valence-corrected chi connectivity index (χ1v) is 9.99. The van der Waals surface area contributed by atoms with E-state index in [-0.39, 0.29) is 24.2 Å². The van der Waals surface area contributed by atoms with Gasteiger partial charge in [0.25, 0.3) is 0 Å². The van der Waals surface area contributed by atoms with E-state index in [1.54, 1.807) is 4.90 Å². The van der Waals surface area contributed by atoms with Crippen molar-refractivity contribution in [1.82, 2.24) is 14.5 Å². The van der Waals surface area contributed by atoms with Crippen LogP contribution in [0.25, 0.3) is 11.0 Å². The van der Waals surface area contributed by atoms with Crippen LogP contribution in [0, 0.1) is 0 Å². The Bertz CT molecular complexity index is 1020. The Morgan fingerprint density at radius 1 is 1.10 bits per heavy atom. The smallest absolute Gasteiger partial charge is 0.326 e. The number of nitrogens with zero attached hydrogens (tertiary/aromatic N) is 2. The summed E-state index contributed by atoms with van der Waals surface area (Å²) in [5.41, 5.74) is 8.77. The lowest BCUT2D eigenvalue weighted by Crippen LogP contribution is -2.49. The lowest BCUT2D eigenvalue weighted by molar-refractivity contribution is -0.135. The van der Waals surface area contributed by atoms with Gasteiger partial charge in [0.1, 0.15) is 6.04 Å². The second kappa shape index (κ2) is 8.63. The monoisotopic (exact) mass is 394 g/mol. The number of H-pyrrole nitrogens is 1. The Balaban J connectivity index is 1.31. The standard InChI is InChI=1S/C22H26N4O3/c23-18(15-29-14-16-6-2-1-3-7-16)21(27)25-12-10-17(11-13-25)26-20-9-5-4-8-19(20)24-22(26)28/h1-9,17-18H,10-15,23H2,(H,24,28)/t18-/m1/s1. The number of benzene rings is 2. The van der Waals surface area contributed by atoms with Crippen molar-refractivity contribution in [3.05, 3.63) is 70.6 Å². The van der Waals surface area contributed by atoms with Crippen molar-refractivity contribution in [1.29, 1.82) is 0 Å². The van der Waals surface area contributed by atoms with Gasteiger partial charge in [0, 0.05) is 19.1 Å². The zero-order valence-corrected chi connectivity index (χ0v) is 16.3. The van der Waals surface area contributed by atoms with E-state index in [4.69, 9.17) is 10.5 Å². The molecule has 0 aliphatic carbocycles. The molecule has 1 aliphatic rings. The van der Waals surface area contributed by atoms with Crippen LogP contribution < -0.4 is 11.4 Å². The summed E-state index contributed by atoms with van der Waals surface area (Å²) < 4.78 is 7.43. The molecule has 4 rings (SSSR count). The SMILES string of the molecule is N[C@H](COCc1ccccc1)C(=O)N1CCC(n2c(=O)[nH]c3ccccc32)CC1. The van der Waals surface area contributed by atoms with Gasteiger partial charge in [-0.1, -0.05) is 42.5 Å². The second-order valence-corrected chi connectivity index (χ2v) is 7.48. The van der Waals surface area contributed by atoms with E-state index in [0.717, 1.165) is 29.4 Å². The van der Waals surface area contributed by atoms with Gasteiger partial charge in [-0.05, 0) is 30.5 Å². The van der Waals surface area contributed by atoms with Gasteiger partial charge in [0.05, 0.1) is 24.2 Å². The van der Waals surface area contributed by atoms with E-state index >= 15 is 0 Å². The van der Waals surface area contributed by atoms with E-state index in [9.17, 15) is 9.59 Å². The molecule has 1 aliphatic heterocycles. The third-order valence-electron chi connectivity index (χ3n) is 5.49. The lowest BCUT2D eigenvalue weighted by atomic mass is 10.0. The lowest BCUT2D eigenvalue weighted by Gasteiger charge is -2.34. The molecule has 2 heterocycles. The van der Waals surface area contributed by atoms with Gasteiger partial charge in [-0.25, -0.2) is 4.79 Å². The van der Waals surface area contributed by atoms with Crippen LogP contribution >= 0.6 is 0 Å². The fourth-order valence-electron chi connectivity index (χ4n) is 3.96. The van der Waals surface area contributed by atoms with Crippen molar-refractivity contribution in [2.75, 3.05) is 19.7 Å². The highest BCUT2D eigenvalue weighted by atomic mass is 16.5. The average Bonchev–Trinajstić information content (AvgIpc) is 3.09. The van der Waals surface area contributed by atoms with E-state index in [1.807, 2.05) is 59.2 Å². The van der Waals surface area contributed by atoms with E-state index in [2.05, 4.69) is 4.98 Å². The van der Waals surface area contributed by atoms with Crippen molar-refractivity contribution in [3.63, 3.8) is 0 Å². The third kappa shape index (κ3) is 4.26. The molecule has 1 fully saturated rings. The Morgan fingerprint density at radius 2 is 1.79 bits per heavy atom. The normalized spacial score (nSPS) is 16.2. The zero-order chi connectivity index (χ0) is 20.2. The molecule has 29 heavy (non-hydrogen) atoms. The van der Waals surface area contributed by atoms with E-state index < -0.39 is 6.04 Å². The summed E-state index contributed by atoms with van der Waals surface area (Å²) in [4.78, 5) is 29.7. The number of ether oxygens (including phenoxy) is 1. The molecule has 0 saturated carbocycles. The van der Waals surface area contributed by atoms with Crippen molar-refractivity contribution in [3.8, 4) is 0 Å². The number of nitrogens with two attached hydrogens (primary N) is 1. The van der Waals surface area contributed by atoms with Crippen molar-refractivity contribution < 1.29 is 9.53 Å². The number of imidazole rings is 1. The van der Waals surface area contributed by atoms with Gasteiger partial charge in [0.15, 0.2) is 0 Å². The Hall–Kier alpha value is -2.90. The summed E-state index contributed by atoms with van der Waals surface area (Å²) in [6, 6.07) is 16.9. The Kier molecular flexibility index (Phi) is 5.78. The summed E-state index contributed by atoms with van der Waals surface area (Å²) in [5.74, 6) is -0.0946. The average molecular weight is 394 g/mol. The van der Waals surface area contributed by atoms with Crippen LogP contribution in [-0.4, -0.2) is 46.1 Å². The van der Waals surface area contributed by atoms with Crippen LogP contribution in [0.2, 0.25) is 0 Å². The van der Waals surface area contributed by atoms with Crippen LogP contribution in [0.5, 0.6) is 0 Å². The van der Waals surface area contributed by atoms with Crippen LogP contribution in [0.15, 0.2) is 59.4 Å². The van der Waals surface area contributed by atoms with Crippen molar-refractivity contribution in [2.24, 2.45) is 5.73 Å². The molecule has 7 nitrogen and oxygen atoms in total. The number of aromatic nitrogens is 2. The van der Waals surface area contributed by atoms with Crippen molar-refractivity contribution >= 4 is 16.9 Å². The highest BCUT2D eigenvalue weighted by Gasteiger charge is 2.28. The number of carbonyl (C=O) groups is 1. The largest absolute Gasteiger partial charge is 0.375 e. The van der Waals surface area contributed by atoms with Crippen LogP contribution in [-0.2, 0) is 16.1 Å². The number of carbonyl (C=O) groups excluding carboxylic acids is 1. The molecule has 2 aromatic carbocycles. The van der Waals surface area contributed by atoms with Crippen molar-refractivity contribution in [2.45, 2.75) is 31.5 Å². The van der Waals surface area contributed by atoms with Crippen LogP contribution in [0.4, 0.5) is 0 Å². The first-order chi connectivity index (χ1) is 14.1. The molecule has 0 unspecified atom stereocenters. The summed E-state index contributed by atoms with van der Waals surface area (Å²) in [5, 5.41) is 0. The molecule has 0 radical (unpaired) electrons. The molecule has 0 spiro atoms. The molecule has 7 heteroatoms. The quantitative estimate of drug-likeness (QED) is 0.669. The number of amides is 1. The fourth-order valence-corrected chi connectivity index (χ4v) is 3.96. The van der Waals surface area contributed by atoms with Crippen LogP contribution in [0.1, 0.15) is 24.4 Å². The summed E-state index contributed by atoms with van der Waals surface area (Å²) in [6.45, 7) is 1.80. The number of fused-ring (bicyclic) bond motifs is 1. The minimum absolute atomic E-state index is 0.0771. The van der Waals surface area contributed by atoms with E-state index in [0.29, 0.717) is 19.7 Å². The molecular weight excluding hydrogens is 368 g/mol. The van der Waals surface area contributed by atoms with Gasteiger partial charge in [-0.2, -0.15) is 0 Å². The number of likely N-dealkylation sites (tertiary alicyclic amines) is 1. The number of hydrogen-bond donors (Lipinski definition) is 2. The number of hydrogen-bond acceptors (Lipinski definition) is 4. The molecule has 1 atom stereocenters. The second-order valence-electron chi connectivity index (χ2n) is 7.48. The summed E-state index contributed by atoms with van der Waals surface area (Å²) >= 11 is 0. The maximum Gasteiger partial charge on any atom is 0.326 e.